The summed E-state index contributed by atoms with van der Waals surface area (Å²) in [5.74, 6) is 0.0518. The molecule has 0 saturated carbocycles. The van der Waals surface area contributed by atoms with Gasteiger partial charge < -0.3 is 46.6 Å². The van der Waals surface area contributed by atoms with Crippen LogP contribution in [-0.2, 0) is 27.2 Å². The van der Waals surface area contributed by atoms with Gasteiger partial charge in [-0.3, -0.25) is 14.2 Å². The molecule has 1 fully saturated rings. The van der Waals surface area contributed by atoms with Crippen molar-refractivity contribution in [1.29, 1.82) is 0 Å². The fraction of sp³-hybridized carbons (Fsp3) is 0.250. The summed E-state index contributed by atoms with van der Waals surface area (Å²) in [6.45, 7) is 0.357. The van der Waals surface area contributed by atoms with Gasteiger partial charge in [-0.2, -0.15) is 4.99 Å². The first-order valence-corrected chi connectivity index (χ1v) is 17.6. The molecule has 1 saturated heterocycles. The first kappa shape index (κ1) is 38.0. The van der Waals surface area contributed by atoms with Crippen molar-refractivity contribution < 1.29 is 29.6 Å². The lowest BCUT2D eigenvalue weighted by molar-refractivity contribution is -0.120. The molecule has 16 nitrogen and oxygen atoms in total. The molecule has 1 unspecified atom stereocenters. The number of fused-ring (bicyclic) bond motifs is 1. The molecule has 1 aliphatic rings. The fourth-order valence-electron chi connectivity index (χ4n) is 5.69. The highest BCUT2D eigenvalue weighted by atomic mass is 32.1. The molecule has 278 valence electrons. The van der Waals surface area contributed by atoms with Gasteiger partial charge in [0.25, 0.3) is 0 Å². The van der Waals surface area contributed by atoms with Gasteiger partial charge in [0, 0.05) is 30.2 Å². The Hall–Kier alpha value is -5.72. The van der Waals surface area contributed by atoms with Crippen molar-refractivity contribution in [3.63, 3.8) is 0 Å². The number of ether oxygens (including phenoxy) is 1. The number of aliphatic imine (C=N–C) groups is 1. The van der Waals surface area contributed by atoms with E-state index in [-0.39, 0.29) is 24.7 Å². The van der Waals surface area contributed by atoms with Crippen LogP contribution < -0.4 is 26.6 Å². The summed E-state index contributed by atoms with van der Waals surface area (Å²) < 4.78 is 7.10. The van der Waals surface area contributed by atoms with Crippen molar-refractivity contribution in [1.82, 2.24) is 30.2 Å². The molecule has 3 heterocycles. The number of nitrogens with zero attached hydrogens (tertiary/aromatic N) is 5. The van der Waals surface area contributed by atoms with E-state index in [1.165, 1.54) is 17.2 Å². The molecule has 2 amide bonds. The zero-order valence-corrected chi connectivity index (χ0v) is 30.2. The van der Waals surface area contributed by atoms with Gasteiger partial charge in [-0.15, -0.1) is 0 Å². The third kappa shape index (κ3) is 9.63. The van der Waals surface area contributed by atoms with E-state index in [4.69, 9.17) is 17.0 Å². The van der Waals surface area contributed by atoms with E-state index < -0.39 is 31.1 Å². The zero-order valence-electron chi connectivity index (χ0n) is 28.5. The minimum absolute atomic E-state index is 0.138. The summed E-state index contributed by atoms with van der Waals surface area (Å²) in [4.78, 5) is 42.1. The summed E-state index contributed by atoms with van der Waals surface area (Å²) in [6, 6.07) is 21.6. The number of carbonyl (C=O) groups excluding carboxylic acids is 2. The van der Waals surface area contributed by atoms with Crippen LogP contribution in [0.15, 0.2) is 90.4 Å². The Labute approximate surface area is 319 Å². The average Bonchev–Trinajstić information content (AvgIpc) is 3.72. The van der Waals surface area contributed by atoms with E-state index in [1.54, 1.807) is 48.5 Å². The maximum atomic E-state index is 12.8. The molecule has 0 aliphatic carbocycles. The Morgan fingerprint density at radius 2 is 1.56 bits per heavy atom. The smallest absolute Gasteiger partial charge is 0.228 e. The second-order valence-electron chi connectivity index (χ2n) is 12.2. The lowest BCUT2D eigenvalue weighted by atomic mass is 10.1. The van der Waals surface area contributed by atoms with Gasteiger partial charge in [0.05, 0.1) is 36.6 Å². The summed E-state index contributed by atoms with van der Waals surface area (Å²) in [7, 11) is 0. The Morgan fingerprint density at radius 3 is 2.26 bits per heavy atom. The lowest BCUT2D eigenvalue weighted by Crippen LogP contribution is -2.37. The van der Waals surface area contributed by atoms with Crippen LogP contribution in [0.1, 0.15) is 17.4 Å². The van der Waals surface area contributed by atoms with Gasteiger partial charge in [-0.05, 0) is 78.0 Å². The maximum absolute atomic E-state index is 12.8. The molecule has 18 heteroatoms. The van der Waals surface area contributed by atoms with Crippen molar-refractivity contribution in [2.24, 2.45) is 4.99 Å². The van der Waals surface area contributed by atoms with Crippen LogP contribution in [0.25, 0.3) is 11.2 Å². The number of isothiocyanates is 1. The monoisotopic (exact) mass is 768 g/mol. The average molecular weight is 769 g/mol. The van der Waals surface area contributed by atoms with Crippen LogP contribution >= 0.6 is 24.4 Å². The van der Waals surface area contributed by atoms with E-state index in [9.17, 15) is 24.9 Å². The van der Waals surface area contributed by atoms with E-state index in [0.717, 1.165) is 16.8 Å². The minimum Gasteiger partial charge on any atom is -0.394 e. The number of nitrogens with one attached hydrogen (secondary N) is 5. The Balaban J connectivity index is 0.927. The van der Waals surface area contributed by atoms with Gasteiger partial charge in [0.15, 0.2) is 28.3 Å². The van der Waals surface area contributed by atoms with E-state index in [1.807, 2.05) is 24.3 Å². The Kier molecular flexibility index (Phi) is 12.6. The standard InChI is InChI=1S/C36H36N10O6S2/c47-17-27-31(50)32(51)35(52-27)46-19-41-30-33(39-18-40-34(30)46)44-24-10-6-22(7-11-24)15-29(49)43-23-8-4-21(5-9-23)14-28(48)37-12-13-38-36(54)45-26-3-1-2-25(16-26)42-20-53/h1-11,16,18-19,27,31-32,35,47,50-51H,12-15,17H2,(H,37,48)(H,43,49)(H2,38,45,54)(H,39,40,44)/t27-,31-,32-,35?/m1/s1. The lowest BCUT2D eigenvalue weighted by Gasteiger charge is -2.16. The van der Waals surface area contributed by atoms with Gasteiger partial charge in [-0.1, -0.05) is 30.3 Å². The van der Waals surface area contributed by atoms with Crippen molar-refractivity contribution in [3.8, 4) is 0 Å². The van der Waals surface area contributed by atoms with E-state index >= 15 is 0 Å². The first-order valence-electron chi connectivity index (χ1n) is 16.7. The quantitative estimate of drug-likeness (QED) is 0.0463. The summed E-state index contributed by atoms with van der Waals surface area (Å²) in [5.41, 5.74) is 5.06. The number of benzene rings is 3. The highest BCUT2D eigenvalue weighted by Gasteiger charge is 2.44. The largest absolute Gasteiger partial charge is 0.394 e. The second kappa shape index (κ2) is 17.9. The third-order valence-electron chi connectivity index (χ3n) is 8.35. The van der Waals surface area contributed by atoms with Crippen molar-refractivity contribution in [3.05, 3.63) is 96.6 Å². The van der Waals surface area contributed by atoms with Crippen molar-refractivity contribution in [2.75, 3.05) is 35.6 Å². The van der Waals surface area contributed by atoms with Gasteiger partial charge in [0.2, 0.25) is 11.8 Å². The molecule has 4 atom stereocenters. The molecule has 0 spiro atoms. The predicted octanol–water partition coefficient (Wildman–Crippen LogP) is 2.74. The summed E-state index contributed by atoms with van der Waals surface area (Å²) in [6.07, 6.45) is -1.37. The number of aliphatic hydroxyl groups is 3. The molecule has 2 aromatic heterocycles. The van der Waals surface area contributed by atoms with Crippen molar-refractivity contribution >= 4 is 86.3 Å². The van der Waals surface area contributed by atoms with Crippen molar-refractivity contribution in [2.45, 2.75) is 37.4 Å². The molecule has 0 bridgehead atoms. The van der Waals surface area contributed by atoms with Crippen LogP contribution in [0.2, 0.25) is 0 Å². The minimum atomic E-state index is -1.28. The molecular weight excluding hydrogens is 733 g/mol. The van der Waals surface area contributed by atoms with E-state index in [2.05, 4.69) is 63.9 Å². The number of imidazole rings is 1. The molecule has 1 aliphatic heterocycles. The molecule has 3 aromatic carbocycles. The maximum Gasteiger partial charge on any atom is 0.228 e. The van der Waals surface area contributed by atoms with Crippen LogP contribution in [0, 0.1) is 0 Å². The Morgan fingerprint density at radius 1 is 0.852 bits per heavy atom. The molecule has 0 radical (unpaired) electrons. The molecule has 6 rings (SSSR count). The number of aliphatic hydroxyl groups excluding tert-OH is 3. The number of hydrogen-bond donors (Lipinski definition) is 8. The Bertz CT molecular complexity index is 2160. The number of anilines is 4. The molecule has 8 N–H and O–H groups in total. The van der Waals surface area contributed by atoms with Gasteiger partial charge in [-0.25, -0.2) is 15.0 Å². The third-order valence-corrected chi connectivity index (χ3v) is 8.68. The van der Waals surface area contributed by atoms with Gasteiger partial charge >= 0.3 is 0 Å². The number of rotatable bonds is 14. The number of amides is 2. The molecule has 54 heavy (non-hydrogen) atoms. The molecular formula is C36H36N10O6S2. The molecule has 5 aromatic rings. The first-order chi connectivity index (χ1) is 26.2. The van der Waals surface area contributed by atoms with E-state index in [0.29, 0.717) is 52.2 Å². The highest BCUT2D eigenvalue weighted by Crippen LogP contribution is 2.32. The number of carbonyl (C=O) groups is 2. The highest BCUT2D eigenvalue weighted by molar-refractivity contribution is 7.80. The SMILES string of the molecule is O=C(Cc1ccc(NC(=O)Cc2ccc(Nc3ncnc4c3ncn4C3O[C@H](CO)[C@@H](O)[C@H]3O)cc2)cc1)NCCNC(=S)Nc1cccc(N=C=S)c1. The summed E-state index contributed by atoms with van der Waals surface area (Å²) in [5, 5.41) is 47.8. The van der Waals surface area contributed by atoms with Crippen LogP contribution in [0.4, 0.5) is 28.6 Å². The normalized spacial score (nSPS) is 17.7. The summed E-state index contributed by atoms with van der Waals surface area (Å²) >= 11 is 9.95. The second-order valence-corrected chi connectivity index (χ2v) is 12.8. The van der Waals surface area contributed by atoms with Crippen LogP contribution in [0.5, 0.6) is 0 Å². The van der Waals surface area contributed by atoms with Gasteiger partial charge in [0.1, 0.15) is 24.6 Å². The van der Waals surface area contributed by atoms with Crippen LogP contribution in [0.3, 0.4) is 0 Å². The van der Waals surface area contributed by atoms with Crippen LogP contribution in [-0.4, -0.2) is 94.9 Å². The number of hydrogen-bond acceptors (Lipinski definition) is 13. The topological polar surface area (TPSA) is 220 Å². The number of aromatic nitrogens is 4. The zero-order chi connectivity index (χ0) is 38.0. The fourth-order valence-corrected chi connectivity index (χ4v) is 6.01. The predicted molar refractivity (Wildman–Crippen MR) is 209 cm³/mol. The number of thiocarbonyl (C=S) groups is 2.